The van der Waals surface area contributed by atoms with Crippen LogP contribution in [-0.2, 0) is 9.53 Å². The second-order valence-corrected chi connectivity index (χ2v) is 6.36. The fraction of sp³-hybridized carbons (Fsp3) is 0.385. The lowest BCUT2D eigenvalue weighted by atomic mass is 10.1. The van der Waals surface area contributed by atoms with Crippen molar-refractivity contribution in [3.05, 3.63) is 29.8 Å². The average molecular weight is 314 g/mol. The molecule has 1 rings (SSSR count). The second-order valence-electron chi connectivity index (χ2n) is 4.38. The van der Waals surface area contributed by atoms with E-state index in [2.05, 4.69) is 20.7 Å². The summed E-state index contributed by atoms with van der Waals surface area (Å²) in [7, 11) is 3.03. The lowest BCUT2D eigenvalue weighted by Crippen LogP contribution is -2.39. The molecule has 0 aliphatic heterocycles. The third kappa shape index (κ3) is 3.32. The number of hydrogen-bond donors (Lipinski definition) is 0. The monoisotopic (exact) mass is 313 g/mol. The summed E-state index contributed by atoms with van der Waals surface area (Å²) < 4.78 is 3.99. The number of nitrogens with zero attached hydrogens (tertiary/aromatic N) is 1. The molecule has 18 heavy (non-hydrogen) atoms. The van der Waals surface area contributed by atoms with E-state index in [4.69, 9.17) is 0 Å². The maximum Gasteiger partial charge on any atom is 0.337 e. The van der Waals surface area contributed by atoms with E-state index >= 15 is 0 Å². The molecular formula is C13H16BrNO3. The molecule has 0 saturated carbocycles. The molecule has 0 saturated heterocycles. The Morgan fingerprint density at radius 1 is 1.22 bits per heavy atom. The number of hydrogen-bond acceptors (Lipinski definition) is 3. The van der Waals surface area contributed by atoms with Gasteiger partial charge in [-0.25, -0.2) is 4.79 Å². The third-order valence-electron chi connectivity index (χ3n) is 2.49. The van der Waals surface area contributed by atoms with Gasteiger partial charge in [0.05, 0.1) is 17.0 Å². The summed E-state index contributed by atoms with van der Waals surface area (Å²) in [5, 5.41) is 0. The Morgan fingerprint density at radius 2 is 1.72 bits per heavy atom. The number of benzene rings is 1. The molecule has 0 unspecified atom stereocenters. The first-order valence-electron chi connectivity index (χ1n) is 5.43. The molecule has 0 aliphatic rings. The Morgan fingerprint density at radius 3 is 2.11 bits per heavy atom. The van der Waals surface area contributed by atoms with Crippen molar-refractivity contribution in [3.63, 3.8) is 0 Å². The Hall–Kier alpha value is -1.36. The highest BCUT2D eigenvalue weighted by Gasteiger charge is 2.27. The van der Waals surface area contributed by atoms with E-state index in [1.165, 1.54) is 12.0 Å². The van der Waals surface area contributed by atoms with Crippen LogP contribution in [0.5, 0.6) is 0 Å². The van der Waals surface area contributed by atoms with Crippen LogP contribution >= 0.6 is 15.9 Å². The molecule has 0 aliphatic carbocycles. The normalized spacial score (nSPS) is 10.9. The topological polar surface area (TPSA) is 46.6 Å². The van der Waals surface area contributed by atoms with Gasteiger partial charge < -0.3 is 9.64 Å². The fourth-order valence-electron chi connectivity index (χ4n) is 1.46. The van der Waals surface area contributed by atoms with Crippen LogP contribution in [0.2, 0.25) is 0 Å². The summed E-state index contributed by atoms with van der Waals surface area (Å²) >= 11 is 3.33. The number of esters is 1. The zero-order chi connectivity index (χ0) is 13.9. The minimum absolute atomic E-state index is 0.0617. The van der Waals surface area contributed by atoms with Crippen LogP contribution in [0.4, 0.5) is 5.69 Å². The highest BCUT2D eigenvalue weighted by molar-refractivity contribution is 9.10. The van der Waals surface area contributed by atoms with Gasteiger partial charge in [0.25, 0.3) is 0 Å². The molecule has 1 aromatic rings. The number of amides is 1. The van der Waals surface area contributed by atoms with Crippen LogP contribution < -0.4 is 4.90 Å². The Balaban J connectivity index is 2.92. The van der Waals surface area contributed by atoms with Crippen molar-refractivity contribution < 1.29 is 14.3 Å². The molecule has 5 heteroatoms. The number of carbonyl (C=O) groups is 2. The van der Waals surface area contributed by atoms with Crippen LogP contribution in [0.3, 0.4) is 0 Å². The van der Waals surface area contributed by atoms with Crippen LogP contribution in [-0.4, -0.2) is 30.4 Å². The van der Waals surface area contributed by atoms with Crippen molar-refractivity contribution in [2.75, 3.05) is 19.1 Å². The first-order valence-corrected chi connectivity index (χ1v) is 6.22. The van der Waals surface area contributed by atoms with Crippen LogP contribution in [0.1, 0.15) is 24.2 Å². The number of ether oxygens (including phenoxy) is 1. The highest BCUT2D eigenvalue weighted by Crippen LogP contribution is 2.23. The number of alkyl halides is 1. The maximum atomic E-state index is 12.0. The summed E-state index contributed by atoms with van der Waals surface area (Å²) in [6, 6.07) is 6.68. The maximum absolute atomic E-state index is 12.0. The lowest BCUT2D eigenvalue weighted by molar-refractivity contribution is -0.119. The van der Waals surface area contributed by atoms with Crippen LogP contribution in [0.15, 0.2) is 24.3 Å². The molecule has 0 spiro atoms. The number of halogens is 1. The quantitative estimate of drug-likeness (QED) is 0.636. The van der Waals surface area contributed by atoms with Crippen LogP contribution in [0.25, 0.3) is 0 Å². The van der Waals surface area contributed by atoms with E-state index in [1.807, 2.05) is 0 Å². The van der Waals surface area contributed by atoms with Gasteiger partial charge in [-0.05, 0) is 38.1 Å². The molecule has 0 aromatic heterocycles. The van der Waals surface area contributed by atoms with Gasteiger partial charge in [0.15, 0.2) is 0 Å². The zero-order valence-electron chi connectivity index (χ0n) is 10.9. The van der Waals surface area contributed by atoms with E-state index in [0.29, 0.717) is 5.56 Å². The number of methoxy groups -OCH3 is 1. The first-order chi connectivity index (χ1) is 8.27. The summed E-state index contributed by atoms with van der Waals surface area (Å²) in [5.41, 5.74) is 1.18. The van der Waals surface area contributed by atoms with Crippen molar-refractivity contribution in [3.8, 4) is 0 Å². The SMILES string of the molecule is COC(=O)c1ccc(N(C)C(=O)C(C)(C)Br)cc1. The lowest BCUT2D eigenvalue weighted by Gasteiger charge is -2.24. The van der Waals surface area contributed by atoms with Gasteiger partial charge in [0.1, 0.15) is 0 Å². The molecule has 0 bridgehead atoms. The van der Waals surface area contributed by atoms with Gasteiger partial charge in [-0.1, -0.05) is 15.9 Å². The van der Waals surface area contributed by atoms with E-state index in [0.717, 1.165) is 5.69 Å². The van der Waals surface area contributed by atoms with Crippen molar-refractivity contribution in [2.45, 2.75) is 18.2 Å². The van der Waals surface area contributed by atoms with E-state index in [9.17, 15) is 9.59 Å². The average Bonchev–Trinajstić information content (AvgIpc) is 2.35. The Kier molecular flexibility index (Phi) is 4.51. The third-order valence-corrected chi connectivity index (χ3v) is 2.83. The van der Waals surface area contributed by atoms with Gasteiger partial charge in [-0.2, -0.15) is 0 Å². The molecule has 0 heterocycles. The minimum atomic E-state index is -0.622. The predicted octanol–water partition coefficient (Wildman–Crippen LogP) is 2.61. The number of anilines is 1. The van der Waals surface area contributed by atoms with Crippen molar-refractivity contribution in [2.24, 2.45) is 0 Å². The van der Waals surface area contributed by atoms with E-state index in [-0.39, 0.29) is 5.91 Å². The van der Waals surface area contributed by atoms with Crippen LogP contribution in [0, 0.1) is 0 Å². The first kappa shape index (κ1) is 14.7. The van der Waals surface area contributed by atoms with Crippen molar-refractivity contribution in [1.82, 2.24) is 0 Å². The van der Waals surface area contributed by atoms with Gasteiger partial charge in [0, 0.05) is 12.7 Å². The molecular weight excluding hydrogens is 298 g/mol. The summed E-state index contributed by atoms with van der Waals surface area (Å²) in [5.74, 6) is -0.454. The minimum Gasteiger partial charge on any atom is -0.465 e. The van der Waals surface area contributed by atoms with Gasteiger partial charge in [0.2, 0.25) is 5.91 Å². The predicted molar refractivity (Wildman–Crippen MR) is 74.2 cm³/mol. The van der Waals surface area contributed by atoms with E-state index < -0.39 is 10.3 Å². The number of carbonyl (C=O) groups excluding carboxylic acids is 2. The summed E-state index contributed by atoms with van der Waals surface area (Å²) in [6.45, 7) is 3.57. The molecule has 1 amide bonds. The standard InChI is InChI=1S/C13H16BrNO3/c1-13(2,14)12(17)15(3)10-7-5-9(6-8-10)11(16)18-4/h5-8H,1-4H3. The van der Waals surface area contributed by atoms with Gasteiger partial charge in [-0.3, -0.25) is 4.79 Å². The molecule has 0 N–H and O–H groups in total. The Labute approximate surface area is 115 Å². The second kappa shape index (κ2) is 5.52. The van der Waals surface area contributed by atoms with E-state index in [1.54, 1.807) is 45.2 Å². The summed E-state index contributed by atoms with van der Waals surface area (Å²) in [6.07, 6.45) is 0. The van der Waals surface area contributed by atoms with Gasteiger partial charge >= 0.3 is 5.97 Å². The largest absolute Gasteiger partial charge is 0.465 e. The molecule has 1 aromatic carbocycles. The molecule has 98 valence electrons. The highest BCUT2D eigenvalue weighted by atomic mass is 79.9. The molecule has 0 fully saturated rings. The zero-order valence-corrected chi connectivity index (χ0v) is 12.4. The van der Waals surface area contributed by atoms with Crippen molar-refractivity contribution >= 4 is 33.5 Å². The fourth-order valence-corrected chi connectivity index (χ4v) is 1.72. The summed E-state index contributed by atoms with van der Waals surface area (Å²) in [4.78, 5) is 24.8. The van der Waals surface area contributed by atoms with Gasteiger partial charge in [-0.15, -0.1) is 0 Å². The molecule has 0 atom stereocenters. The smallest absolute Gasteiger partial charge is 0.337 e. The molecule has 4 nitrogen and oxygen atoms in total. The Bertz CT molecular complexity index is 448. The molecule has 0 radical (unpaired) electrons. The number of rotatable bonds is 3. The van der Waals surface area contributed by atoms with Crippen molar-refractivity contribution in [1.29, 1.82) is 0 Å².